The summed E-state index contributed by atoms with van der Waals surface area (Å²) in [6, 6.07) is 0.270. The Hall–Kier alpha value is -1.55. The van der Waals surface area contributed by atoms with Crippen LogP contribution in [0.1, 0.15) is 12.1 Å². The van der Waals surface area contributed by atoms with E-state index in [9.17, 15) is 32.1 Å². The molecule has 11 heteroatoms. The molecule has 0 aliphatic heterocycles. The Labute approximate surface area is 96.6 Å². The summed E-state index contributed by atoms with van der Waals surface area (Å²) in [4.78, 5) is 20.3. The van der Waals surface area contributed by atoms with Gasteiger partial charge in [-0.2, -0.15) is 0 Å². The molecule has 0 aliphatic carbocycles. The third-order valence-electron chi connectivity index (χ3n) is 1.67. The second-order valence-corrected chi connectivity index (χ2v) is 5.29. The van der Waals surface area contributed by atoms with Crippen molar-refractivity contribution in [2.24, 2.45) is 0 Å². The molecule has 0 saturated heterocycles. The van der Waals surface area contributed by atoms with Crippen LogP contribution in [0, 0.1) is 10.1 Å². The van der Waals surface area contributed by atoms with Crippen molar-refractivity contribution < 1.29 is 22.1 Å². The average molecular weight is 289 g/mol. The van der Waals surface area contributed by atoms with E-state index in [4.69, 9.17) is 10.7 Å². The molecule has 0 aromatic carbocycles. The third-order valence-corrected chi connectivity index (χ3v) is 3.01. The number of aromatic nitrogens is 1. The van der Waals surface area contributed by atoms with Crippen LogP contribution in [0.25, 0.3) is 0 Å². The van der Waals surface area contributed by atoms with E-state index in [0.717, 1.165) is 0 Å². The normalized spacial score (nSPS) is 11.8. The Morgan fingerprint density at radius 2 is 2.00 bits per heavy atom. The second-order valence-electron chi connectivity index (χ2n) is 2.76. The highest BCUT2D eigenvalue weighted by Gasteiger charge is 2.33. The lowest BCUT2D eigenvalue weighted by Gasteiger charge is -2.04. The maximum atomic E-state index is 12.4. The predicted octanol–water partition coefficient (Wildman–Crippen LogP) is 1.15. The number of H-pyrrole nitrogens is 1. The molecule has 0 spiro atoms. The fourth-order valence-electron chi connectivity index (χ4n) is 1.08. The van der Waals surface area contributed by atoms with Crippen LogP contribution in [0.4, 0.5) is 14.5 Å². The smallest absolute Gasteiger partial charge is 0.314 e. The Morgan fingerprint density at radius 3 is 2.35 bits per heavy atom. The van der Waals surface area contributed by atoms with Crippen molar-refractivity contribution >= 4 is 25.4 Å². The molecule has 0 bridgehead atoms. The summed E-state index contributed by atoms with van der Waals surface area (Å²) in [6.07, 6.45) is -3.42. The molecule has 0 radical (unpaired) electrons. The van der Waals surface area contributed by atoms with Gasteiger partial charge in [0.15, 0.2) is 10.6 Å². The van der Waals surface area contributed by atoms with Crippen molar-refractivity contribution in [3.05, 3.63) is 32.2 Å². The van der Waals surface area contributed by atoms with Crippen LogP contribution in [0.15, 0.2) is 15.8 Å². The lowest BCUT2D eigenvalue weighted by atomic mass is 10.3. The van der Waals surface area contributed by atoms with E-state index in [1.807, 2.05) is 0 Å². The lowest BCUT2D eigenvalue weighted by molar-refractivity contribution is -0.389. The molecule has 7 nitrogen and oxygen atoms in total. The maximum absolute atomic E-state index is 12.4. The summed E-state index contributed by atoms with van der Waals surface area (Å²) in [5.74, 6) is 0. The first-order valence-corrected chi connectivity index (χ1v) is 6.10. The minimum absolute atomic E-state index is 0.270. The molecule has 0 atom stereocenters. The largest absolute Gasteiger partial charge is 0.315 e. The monoisotopic (exact) mass is 288 g/mol. The number of hydrogen-bond acceptors (Lipinski definition) is 5. The highest BCUT2D eigenvalue weighted by atomic mass is 35.7. The first-order chi connectivity index (χ1) is 7.64. The number of nitrogens with zero attached hydrogens (tertiary/aromatic N) is 1. The van der Waals surface area contributed by atoms with Crippen molar-refractivity contribution in [2.45, 2.75) is 11.3 Å². The van der Waals surface area contributed by atoms with Gasteiger partial charge in [0.05, 0.1) is 4.92 Å². The van der Waals surface area contributed by atoms with Crippen LogP contribution in [-0.2, 0) is 9.05 Å². The van der Waals surface area contributed by atoms with Gasteiger partial charge in [-0.15, -0.1) is 0 Å². The van der Waals surface area contributed by atoms with Crippen molar-refractivity contribution in [2.75, 3.05) is 0 Å². The van der Waals surface area contributed by atoms with Gasteiger partial charge in [-0.3, -0.25) is 14.9 Å². The van der Waals surface area contributed by atoms with E-state index >= 15 is 0 Å². The zero-order valence-electron chi connectivity index (χ0n) is 7.69. The average Bonchev–Trinajstić information content (AvgIpc) is 2.14. The summed E-state index contributed by atoms with van der Waals surface area (Å²) in [5.41, 5.74) is -4.07. The molecule has 0 aliphatic rings. The standard InChI is InChI=1S/C6H3ClF2N2O5S/c7-17(15,16)2-1-3(12)10-4(6(8)9)5(2)11(13)14/h1,6H,(H,10,12). The minimum Gasteiger partial charge on any atom is -0.315 e. The number of aromatic amines is 1. The van der Waals surface area contributed by atoms with E-state index in [2.05, 4.69) is 0 Å². The van der Waals surface area contributed by atoms with Crippen LogP contribution in [0.3, 0.4) is 0 Å². The maximum Gasteiger partial charge on any atom is 0.314 e. The molecular weight excluding hydrogens is 286 g/mol. The van der Waals surface area contributed by atoms with E-state index in [1.165, 1.54) is 4.98 Å². The van der Waals surface area contributed by atoms with Crippen LogP contribution < -0.4 is 5.56 Å². The van der Waals surface area contributed by atoms with Crippen molar-refractivity contribution in [1.29, 1.82) is 0 Å². The molecule has 1 heterocycles. The van der Waals surface area contributed by atoms with Gasteiger partial charge >= 0.3 is 5.69 Å². The Balaban J connectivity index is 3.83. The predicted molar refractivity (Wildman–Crippen MR) is 51.7 cm³/mol. The van der Waals surface area contributed by atoms with Gasteiger partial charge in [0.25, 0.3) is 15.5 Å². The minimum atomic E-state index is -4.68. The number of halogens is 3. The molecule has 1 aromatic heterocycles. The second kappa shape index (κ2) is 4.37. The summed E-state index contributed by atoms with van der Waals surface area (Å²) in [7, 11) is 0.147. The van der Waals surface area contributed by atoms with E-state index in [-0.39, 0.29) is 6.07 Å². The van der Waals surface area contributed by atoms with Gasteiger partial charge in [-0.1, -0.05) is 0 Å². The SMILES string of the molecule is O=c1cc(S(=O)(=O)Cl)c([N+](=O)[O-])c(C(F)F)[nH]1. The van der Waals surface area contributed by atoms with Crippen LogP contribution in [-0.4, -0.2) is 18.3 Å². The quantitative estimate of drug-likeness (QED) is 0.509. The first-order valence-electron chi connectivity index (χ1n) is 3.79. The molecule has 1 aromatic rings. The molecule has 0 amide bonds. The highest BCUT2D eigenvalue weighted by molar-refractivity contribution is 8.13. The number of alkyl halides is 2. The van der Waals surface area contributed by atoms with Crippen molar-refractivity contribution in [1.82, 2.24) is 4.98 Å². The molecular formula is C6H3ClF2N2O5S. The third kappa shape index (κ3) is 2.77. The molecule has 0 fully saturated rings. The Bertz CT molecular complexity index is 626. The number of pyridine rings is 1. The molecule has 17 heavy (non-hydrogen) atoms. The van der Waals surface area contributed by atoms with Crippen LogP contribution in [0.2, 0.25) is 0 Å². The van der Waals surface area contributed by atoms with Gasteiger partial charge in [0, 0.05) is 16.7 Å². The molecule has 94 valence electrons. The Kier molecular flexibility index (Phi) is 3.48. The zero-order chi connectivity index (χ0) is 13.4. The molecule has 0 unspecified atom stereocenters. The van der Waals surface area contributed by atoms with Gasteiger partial charge in [-0.25, -0.2) is 17.2 Å². The fourth-order valence-corrected chi connectivity index (χ4v) is 2.10. The molecule has 1 N–H and O–H groups in total. The zero-order valence-corrected chi connectivity index (χ0v) is 9.26. The van der Waals surface area contributed by atoms with E-state index in [0.29, 0.717) is 0 Å². The van der Waals surface area contributed by atoms with Crippen molar-refractivity contribution in [3.63, 3.8) is 0 Å². The summed E-state index contributed by atoms with van der Waals surface area (Å²) in [5, 5.41) is 10.5. The topological polar surface area (TPSA) is 110 Å². The Morgan fingerprint density at radius 1 is 1.47 bits per heavy atom. The van der Waals surface area contributed by atoms with Crippen LogP contribution in [0.5, 0.6) is 0 Å². The summed E-state index contributed by atoms with van der Waals surface area (Å²) < 4.78 is 46.7. The van der Waals surface area contributed by atoms with Gasteiger partial charge in [0.1, 0.15) is 0 Å². The van der Waals surface area contributed by atoms with Crippen molar-refractivity contribution in [3.8, 4) is 0 Å². The first kappa shape index (κ1) is 13.5. The number of nitro groups is 1. The van der Waals surface area contributed by atoms with Crippen LogP contribution >= 0.6 is 10.7 Å². The highest BCUT2D eigenvalue weighted by Crippen LogP contribution is 2.32. The number of hydrogen-bond donors (Lipinski definition) is 1. The molecule has 1 rings (SSSR count). The molecule has 0 saturated carbocycles. The van der Waals surface area contributed by atoms with E-state index in [1.54, 1.807) is 0 Å². The van der Waals surface area contributed by atoms with Gasteiger partial charge in [0.2, 0.25) is 5.56 Å². The van der Waals surface area contributed by atoms with Gasteiger partial charge in [-0.05, 0) is 0 Å². The number of rotatable bonds is 3. The van der Waals surface area contributed by atoms with E-state index < -0.39 is 42.2 Å². The van der Waals surface area contributed by atoms with Gasteiger partial charge < -0.3 is 4.98 Å². The summed E-state index contributed by atoms with van der Waals surface area (Å²) in [6.45, 7) is 0. The number of nitrogens with one attached hydrogen (secondary N) is 1. The summed E-state index contributed by atoms with van der Waals surface area (Å²) >= 11 is 0. The lowest BCUT2D eigenvalue weighted by Crippen LogP contribution is -2.15. The fraction of sp³-hybridized carbons (Fsp3) is 0.167.